The lowest BCUT2D eigenvalue weighted by Crippen LogP contribution is -2.24. The van der Waals surface area contributed by atoms with Crippen LogP contribution in [0.5, 0.6) is 0 Å². The van der Waals surface area contributed by atoms with Crippen molar-refractivity contribution in [1.82, 2.24) is 4.90 Å². The Kier molecular flexibility index (Phi) is 5.53. The monoisotopic (exact) mass is 154 g/mol. The predicted octanol–water partition coefficient (Wildman–Crippen LogP) is 2.28. The molecule has 0 aromatic carbocycles. The summed E-state index contributed by atoms with van der Waals surface area (Å²) in [5.41, 5.74) is 0. The van der Waals surface area contributed by atoms with Crippen molar-refractivity contribution in [2.24, 2.45) is 4.99 Å². The fourth-order valence-electron chi connectivity index (χ4n) is 0.788. The Balaban J connectivity index is 3.72. The van der Waals surface area contributed by atoms with Gasteiger partial charge in [-0.1, -0.05) is 19.9 Å². The van der Waals surface area contributed by atoms with Gasteiger partial charge in [-0.15, -0.1) is 0 Å². The summed E-state index contributed by atoms with van der Waals surface area (Å²) >= 11 is 0. The Morgan fingerprint density at radius 2 is 2.27 bits per heavy atom. The van der Waals surface area contributed by atoms with Crippen LogP contribution in [0.4, 0.5) is 0 Å². The van der Waals surface area contributed by atoms with Crippen molar-refractivity contribution in [2.45, 2.75) is 26.7 Å². The molecular weight excluding hydrogens is 136 g/mol. The van der Waals surface area contributed by atoms with Crippen LogP contribution in [0.2, 0.25) is 0 Å². The summed E-state index contributed by atoms with van der Waals surface area (Å²) in [6.45, 7) is 8.82. The topological polar surface area (TPSA) is 15.6 Å². The zero-order valence-corrected chi connectivity index (χ0v) is 7.80. The Bertz CT molecular complexity index is 138. The molecule has 2 heteroatoms. The van der Waals surface area contributed by atoms with Crippen molar-refractivity contribution in [3.05, 3.63) is 12.8 Å². The summed E-state index contributed by atoms with van der Waals surface area (Å²) in [5.74, 6) is 1.04. The molecule has 0 bridgehead atoms. The summed E-state index contributed by atoms with van der Waals surface area (Å²) in [6, 6.07) is 0. The molecule has 0 rings (SSSR count). The van der Waals surface area contributed by atoms with Gasteiger partial charge < -0.3 is 4.90 Å². The molecule has 2 nitrogen and oxygen atoms in total. The molecule has 0 radical (unpaired) electrons. The third-order valence-electron chi connectivity index (χ3n) is 1.68. The Morgan fingerprint density at radius 3 is 2.73 bits per heavy atom. The summed E-state index contributed by atoms with van der Waals surface area (Å²) in [7, 11) is 2.05. The number of rotatable bonds is 4. The van der Waals surface area contributed by atoms with E-state index >= 15 is 0 Å². The Labute approximate surface area is 69.6 Å². The first-order valence-electron chi connectivity index (χ1n) is 4.08. The standard InChI is InChI=1S/C9H18N2/c1-5-7-8-11(4)9(3)10-6-2/h6H,2,5,7-8H2,1,3-4H3. The quantitative estimate of drug-likeness (QED) is 0.448. The molecule has 0 saturated carbocycles. The van der Waals surface area contributed by atoms with Gasteiger partial charge in [0.05, 0.1) is 0 Å². The molecule has 0 aromatic heterocycles. The molecule has 0 spiro atoms. The molecule has 0 N–H and O–H groups in total. The number of nitrogens with zero attached hydrogens (tertiary/aromatic N) is 2. The van der Waals surface area contributed by atoms with Gasteiger partial charge in [0.2, 0.25) is 0 Å². The molecular formula is C9H18N2. The smallest absolute Gasteiger partial charge is 0.101 e. The van der Waals surface area contributed by atoms with Gasteiger partial charge in [-0.3, -0.25) is 0 Å². The van der Waals surface area contributed by atoms with Crippen molar-refractivity contribution in [3.63, 3.8) is 0 Å². The Hall–Kier alpha value is -0.790. The molecule has 0 aliphatic carbocycles. The third kappa shape index (κ3) is 4.59. The van der Waals surface area contributed by atoms with Crippen molar-refractivity contribution in [2.75, 3.05) is 13.6 Å². The second-order valence-electron chi connectivity index (χ2n) is 2.63. The molecule has 0 saturated heterocycles. The van der Waals surface area contributed by atoms with Gasteiger partial charge in [-0.05, 0) is 13.3 Å². The van der Waals surface area contributed by atoms with Crippen molar-refractivity contribution in [3.8, 4) is 0 Å². The fraction of sp³-hybridized carbons (Fsp3) is 0.667. The largest absolute Gasteiger partial charge is 0.363 e. The molecule has 0 aromatic rings. The van der Waals surface area contributed by atoms with Crippen LogP contribution in [0.1, 0.15) is 26.7 Å². The first kappa shape index (κ1) is 10.2. The highest BCUT2D eigenvalue weighted by molar-refractivity contribution is 5.79. The second-order valence-corrected chi connectivity index (χ2v) is 2.63. The molecule has 64 valence electrons. The third-order valence-corrected chi connectivity index (χ3v) is 1.68. The van der Waals surface area contributed by atoms with Crippen molar-refractivity contribution >= 4 is 5.84 Å². The van der Waals surface area contributed by atoms with Crippen LogP contribution in [-0.2, 0) is 0 Å². The van der Waals surface area contributed by atoms with Crippen LogP contribution in [0, 0.1) is 0 Å². The molecule has 0 aliphatic rings. The lowest BCUT2D eigenvalue weighted by molar-refractivity contribution is 0.482. The maximum absolute atomic E-state index is 4.08. The lowest BCUT2D eigenvalue weighted by atomic mass is 10.3. The van der Waals surface area contributed by atoms with E-state index in [0.29, 0.717) is 0 Å². The van der Waals surface area contributed by atoms with Gasteiger partial charge in [-0.2, -0.15) is 0 Å². The maximum atomic E-state index is 4.08. The number of hydrogen-bond acceptors (Lipinski definition) is 1. The van der Waals surface area contributed by atoms with Crippen LogP contribution in [-0.4, -0.2) is 24.3 Å². The molecule has 0 atom stereocenters. The number of aliphatic imine (C=N–C) groups is 1. The van der Waals surface area contributed by atoms with Crippen LogP contribution >= 0.6 is 0 Å². The minimum Gasteiger partial charge on any atom is -0.363 e. The minimum absolute atomic E-state index is 1.04. The molecule has 0 aliphatic heterocycles. The first-order valence-corrected chi connectivity index (χ1v) is 4.08. The van der Waals surface area contributed by atoms with Gasteiger partial charge in [-0.25, -0.2) is 4.99 Å². The highest BCUT2D eigenvalue weighted by Crippen LogP contribution is 1.93. The summed E-state index contributed by atoms with van der Waals surface area (Å²) in [5, 5.41) is 0. The molecule has 0 amide bonds. The SMILES string of the molecule is C=CN=C(C)N(C)CCCC. The summed E-state index contributed by atoms with van der Waals surface area (Å²) in [6.07, 6.45) is 4.03. The predicted molar refractivity (Wildman–Crippen MR) is 50.8 cm³/mol. The maximum Gasteiger partial charge on any atom is 0.101 e. The normalized spacial score (nSPS) is 11.4. The van der Waals surface area contributed by atoms with E-state index < -0.39 is 0 Å². The summed E-state index contributed by atoms with van der Waals surface area (Å²) in [4.78, 5) is 6.23. The van der Waals surface area contributed by atoms with E-state index in [1.54, 1.807) is 6.20 Å². The highest BCUT2D eigenvalue weighted by atomic mass is 15.1. The van der Waals surface area contributed by atoms with Crippen molar-refractivity contribution in [1.29, 1.82) is 0 Å². The number of hydrogen-bond donors (Lipinski definition) is 0. The van der Waals surface area contributed by atoms with E-state index in [4.69, 9.17) is 0 Å². The number of amidine groups is 1. The van der Waals surface area contributed by atoms with E-state index in [1.165, 1.54) is 12.8 Å². The lowest BCUT2D eigenvalue weighted by Gasteiger charge is -2.17. The van der Waals surface area contributed by atoms with Crippen LogP contribution in [0.25, 0.3) is 0 Å². The van der Waals surface area contributed by atoms with Crippen LogP contribution in [0.3, 0.4) is 0 Å². The molecule has 0 unspecified atom stereocenters. The van der Waals surface area contributed by atoms with Gasteiger partial charge in [0.1, 0.15) is 5.84 Å². The zero-order valence-electron chi connectivity index (χ0n) is 7.80. The average molecular weight is 154 g/mol. The van der Waals surface area contributed by atoms with E-state index in [2.05, 4.69) is 30.4 Å². The average Bonchev–Trinajstić information content (AvgIpc) is 2.00. The van der Waals surface area contributed by atoms with Crippen molar-refractivity contribution < 1.29 is 0 Å². The molecule has 11 heavy (non-hydrogen) atoms. The van der Waals surface area contributed by atoms with Crippen LogP contribution < -0.4 is 0 Å². The highest BCUT2D eigenvalue weighted by Gasteiger charge is 1.96. The van der Waals surface area contributed by atoms with E-state index in [9.17, 15) is 0 Å². The van der Waals surface area contributed by atoms with Gasteiger partial charge in [0.25, 0.3) is 0 Å². The van der Waals surface area contributed by atoms with Gasteiger partial charge in [0.15, 0.2) is 0 Å². The second kappa shape index (κ2) is 5.96. The zero-order chi connectivity index (χ0) is 8.69. The van der Waals surface area contributed by atoms with E-state index in [1.807, 2.05) is 6.92 Å². The minimum atomic E-state index is 1.04. The summed E-state index contributed by atoms with van der Waals surface area (Å²) < 4.78 is 0. The number of unbranched alkanes of at least 4 members (excludes halogenated alkanes) is 1. The van der Waals surface area contributed by atoms with Crippen LogP contribution in [0.15, 0.2) is 17.8 Å². The van der Waals surface area contributed by atoms with Gasteiger partial charge >= 0.3 is 0 Å². The first-order chi connectivity index (χ1) is 5.22. The molecule has 0 fully saturated rings. The van der Waals surface area contributed by atoms with E-state index in [0.717, 1.165) is 12.4 Å². The van der Waals surface area contributed by atoms with Gasteiger partial charge in [0, 0.05) is 19.8 Å². The Morgan fingerprint density at radius 1 is 1.64 bits per heavy atom. The fourth-order valence-corrected chi connectivity index (χ4v) is 0.788. The van der Waals surface area contributed by atoms with E-state index in [-0.39, 0.29) is 0 Å². The molecule has 0 heterocycles.